The first-order chi connectivity index (χ1) is 13.0. The summed E-state index contributed by atoms with van der Waals surface area (Å²) in [6.45, 7) is 2.68. The molecule has 1 aromatic heterocycles. The lowest BCUT2D eigenvalue weighted by Gasteiger charge is -2.30. The number of hydrogen-bond acceptors (Lipinski definition) is 7. The Balaban J connectivity index is 1.65. The minimum Gasteiger partial charge on any atom is -0.368 e. The minimum atomic E-state index is -1.23. The molecule has 0 spiro atoms. The number of azo groups is 1. The fourth-order valence-electron chi connectivity index (χ4n) is 4.36. The maximum Gasteiger partial charge on any atom is 0.160 e. The van der Waals surface area contributed by atoms with Gasteiger partial charge >= 0.3 is 0 Å². The van der Waals surface area contributed by atoms with E-state index in [0.29, 0.717) is 24.7 Å². The molecule has 2 aliphatic heterocycles. The number of aromatic nitrogens is 2. The van der Waals surface area contributed by atoms with Crippen LogP contribution in [0.4, 0.5) is 5.82 Å². The molecule has 0 saturated heterocycles. The van der Waals surface area contributed by atoms with E-state index in [1.807, 2.05) is 13.1 Å². The molecule has 1 fully saturated rings. The molecule has 3 heterocycles. The Morgan fingerprint density at radius 1 is 1.26 bits per heavy atom. The SMILES string of the molecule is CC1N=NCC1c1cnn2c1N=C(C1CCC(C(O)O)CC1)CC(Br)C2=N. The average molecular weight is 437 g/mol. The third-order valence-corrected chi connectivity index (χ3v) is 6.88. The second-order valence-electron chi connectivity index (χ2n) is 7.81. The van der Waals surface area contributed by atoms with Gasteiger partial charge in [-0.25, -0.2) is 9.67 Å². The molecule has 146 valence electrons. The van der Waals surface area contributed by atoms with E-state index in [-0.39, 0.29) is 22.7 Å². The third kappa shape index (κ3) is 3.52. The molecule has 4 rings (SSSR count). The van der Waals surface area contributed by atoms with Gasteiger partial charge in [0.2, 0.25) is 0 Å². The Bertz CT molecular complexity index is 781. The van der Waals surface area contributed by atoms with Crippen LogP contribution in [0.1, 0.15) is 50.5 Å². The fraction of sp³-hybridized carbons (Fsp3) is 0.722. The first-order valence-corrected chi connectivity index (χ1v) is 10.5. The molecule has 9 heteroatoms. The average Bonchev–Trinajstić information content (AvgIpc) is 3.23. The topological polar surface area (TPSA) is 119 Å². The zero-order valence-electron chi connectivity index (χ0n) is 15.3. The van der Waals surface area contributed by atoms with Crippen molar-refractivity contribution in [3.63, 3.8) is 0 Å². The number of fused-ring (bicyclic) bond motifs is 1. The van der Waals surface area contributed by atoms with Crippen molar-refractivity contribution >= 4 is 33.3 Å². The molecule has 3 unspecified atom stereocenters. The zero-order valence-corrected chi connectivity index (χ0v) is 16.9. The molecule has 0 bridgehead atoms. The van der Waals surface area contributed by atoms with Crippen LogP contribution in [-0.4, -0.2) is 55.2 Å². The highest BCUT2D eigenvalue weighted by molar-refractivity contribution is 9.10. The lowest BCUT2D eigenvalue weighted by atomic mass is 9.78. The molecule has 3 atom stereocenters. The quantitative estimate of drug-likeness (QED) is 0.498. The number of aliphatic imine (C=N–C) groups is 1. The van der Waals surface area contributed by atoms with E-state index in [1.165, 1.54) is 0 Å². The Labute approximate surface area is 166 Å². The lowest BCUT2D eigenvalue weighted by molar-refractivity contribution is -0.0941. The van der Waals surface area contributed by atoms with Crippen LogP contribution in [0.15, 0.2) is 21.4 Å². The van der Waals surface area contributed by atoms with Crippen molar-refractivity contribution in [2.45, 2.75) is 62.1 Å². The van der Waals surface area contributed by atoms with Crippen LogP contribution < -0.4 is 0 Å². The molecule has 0 amide bonds. The van der Waals surface area contributed by atoms with E-state index in [9.17, 15) is 10.2 Å². The van der Waals surface area contributed by atoms with Crippen LogP contribution in [0.25, 0.3) is 0 Å². The van der Waals surface area contributed by atoms with Crippen LogP contribution in [0.2, 0.25) is 0 Å². The highest BCUT2D eigenvalue weighted by Gasteiger charge is 2.35. The minimum absolute atomic E-state index is 0.0469. The highest BCUT2D eigenvalue weighted by atomic mass is 79.9. The molecule has 0 aromatic carbocycles. The van der Waals surface area contributed by atoms with Crippen LogP contribution in [0.5, 0.6) is 0 Å². The van der Waals surface area contributed by atoms with Gasteiger partial charge < -0.3 is 10.2 Å². The van der Waals surface area contributed by atoms with Crippen molar-refractivity contribution in [3.05, 3.63) is 11.8 Å². The molecular weight excluding hydrogens is 412 g/mol. The van der Waals surface area contributed by atoms with E-state index in [1.54, 1.807) is 4.68 Å². The Hall–Kier alpha value is -1.45. The van der Waals surface area contributed by atoms with Gasteiger partial charge in [-0.05, 0) is 38.5 Å². The smallest absolute Gasteiger partial charge is 0.160 e. The van der Waals surface area contributed by atoms with Gasteiger partial charge in [0.15, 0.2) is 12.1 Å². The predicted molar refractivity (Wildman–Crippen MR) is 105 cm³/mol. The second kappa shape index (κ2) is 7.52. The van der Waals surface area contributed by atoms with Gasteiger partial charge in [-0.3, -0.25) is 5.41 Å². The van der Waals surface area contributed by atoms with E-state index < -0.39 is 6.29 Å². The van der Waals surface area contributed by atoms with Gasteiger partial charge in [0.25, 0.3) is 0 Å². The first-order valence-electron chi connectivity index (χ1n) is 9.56. The van der Waals surface area contributed by atoms with Crippen LogP contribution in [0, 0.1) is 17.2 Å². The maximum atomic E-state index is 9.44. The van der Waals surface area contributed by atoms with Gasteiger partial charge in [-0.2, -0.15) is 15.3 Å². The standard InChI is InChI=1S/C18H25BrN6O2/c1-9-12(7-21-24-9)13-8-22-25-16(20)14(19)6-15(23-17(13)25)10-2-4-11(5-3-10)18(26)27/h8-12,14,18,20,26-27H,2-7H2,1H3. The molecule has 3 aliphatic rings. The van der Waals surface area contributed by atoms with Gasteiger partial charge in [0, 0.05) is 29.5 Å². The van der Waals surface area contributed by atoms with Crippen LogP contribution in [0.3, 0.4) is 0 Å². The third-order valence-electron chi connectivity index (χ3n) is 6.12. The first kappa shape index (κ1) is 18.9. The maximum absolute atomic E-state index is 9.44. The van der Waals surface area contributed by atoms with Crippen molar-refractivity contribution in [3.8, 4) is 0 Å². The summed E-state index contributed by atoms with van der Waals surface area (Å²) in [5.74, 6) is 1.55. The Morgan fingerprint density at radius 3 is 2.63 bits per heavy atom. The molecule has 0 radical (unpaired) electrons. The van der Waals surface area contributed by atoms with E-state index in [4.69, 9.17) is 10.4 Å². The number of hydrogen-bond donors (Lipinski definition) is 3. The Morgan fingerprint density at radius 2 is 2.00 bits per heavy atom. The lowest BCUT2D eigenvalue weighted by Crippen LogP contribution is -2.30. The van der Waals surface area contributed by atoms with Crippen molar-refractivity contribution in [2.24, 2.45) is 27.1 Å². The highest BCUT2D eigenvalue weighted by Crippen LogP contribution is 2.39. The summed E-state index contributed by atoms with van der Waals surface area (Å²) in [6.07, 6.45) is 4.61. The largest absolute Gasteiger partial charge is 0.368 e. The summed E-state index contributed by atoms with van der Waals surface area (Å²) in [7, 11) is 0. The van der Waals surface area contributed by atoms with Crippen molar-refractivity contribution in [1.29, 1.82) is 5.41 Å². The number of rotatable bonds is 3. The van der Waals surface area contributed by atoms with Gasteiger partial charge in [0.1, 0.15) is 5.84 Å². The van der Waals surface area contributed by atoms with Gasteiger partial charge in [-0.15, -0.1) is 0 Å². The predicted octanol–water partition coefficient (Wildman–Crippen LogP) is 3.00. The number of nitrogens with zero attached hydrogens (tertiary/aromatic N) is 5. The summed E-state index contributed by atoms with van der Waals surface area (Å²) < 4.78 is 1.63. The molecule has 1 aromatic rings. The second-order valence-corrected chi connectivity index (χ2v) is 8.91. The van der Waals surface area contributed by atoms with Crippen LogP contribution in [-0.2, 0) is 0 Å². The normalized spacial score (nSPS) is 33.9. The number of halogens is 1. The summed E-state index contributed by atoms with van der Waals surface area (Å²) >= 11 is 3.64. The van der Waals surface area contributed by atoms with Crippen molar-refractivity contribution in [2.75, 3.05) is 6.54 Å². The monoisotopic (exact) mass is 436 g/mol. The molecule has 1 aliphatic carbocycles. The van der Waals surface area contributed by atoms with Gasteiger partial charge in [0.05, 0.1) is 23.6 Å². The zero-order chi connectivity index (χ0) is 19.1. The fourth-order valence-corrected chi connectivity index (χ4v) is 4.89. The molecule has 8 nitrogen and oxygen atoms in total. The van der Waals surface area contributed by atoms with E-state index >= 15 is 0 Å². The number of nitrogens with one attached hydrogen (secondary N) is 1. The van der Waals surface area contributed by atoms with E-state index in [2.05, 4.69) is 31.3 Å². The van der Waals surface area contributed by atoms with Crippen LogP contribution >= 0.6 is 15.9 Å². The number of alkyl halides is 1. The van der Waals surface area contributed by atoms with E-state index in [0.717, 1.165) is 42.8 Å². The van der Waals surface area contributed by atoms with Crippen molar-refractivity contribution < 1.29 is 10.2 Å². The summed E-state index contributed by atoms with van der Waals surface area (Å²) in [5.41, 5.74) is 2.09. The summed E-state index contributed by atoms with van der Waals surface area (Å²) in [5, 5.41) is 40.3. The van der Waals surface area contributed by atoms with Crippen molar-refractivity contribution in [1.82, 2.24) is 9.78 Å². The molecular formula is C18H25BrN6O2. The molecule has 1 saturated carbocycles. The molecule has 27 heavy (non-hydrogen) atoms. The number of aliphatic hydroxyl groups is 2. The summed E-state index contributed by atoms with van der Waals surface area (Å²) in [6, 6.07) is 0.0937. The summed E-state index contributed by atoms with van der Waals surface area (Å²) in [4.78, 5) is 4.87. The Kier molecular flexibility index (Phi) is 5.26. The molecule has 3 N–H and O–H groups in total. The van der Waals surface area contributed by atoms with Gasteiger partial charge in [-0.1, -0.05) is 15.9 Å². The number of aliphatic hydroxyl groups excluding tert-OH is 1.